The van der Waals surface area contributed by atoms with Gasteiger partial charge in [0, 0.05) is 24.9 Å². The average molecular weight is 204 g/mol. The van der Waals surface area contributed by atoms with Crippen molar-refractivity contribution >= 4 is 17.3 Å². The first-order chi connectivity index (χ1) is 7.19. The molecule has 1 saturated carbocycles. The van der Waals surface area contributed by atoms with Crippen LogP contribution in [0.2, 0.25) is 0 Å². The molecular formula is C11H12N2O2. The Labute approximate surface area is 87.5 Å². The van der Waals surface area contributed by atoms with Crippen LogP contribution in [0.3, 0.4) is 0 Å². The molecule has 3 rings (SSSR count). The minimum Gasteiger partial charge on any atom is -0.630 e. The monoisotopic (exact) mass is 204 g/mol. The molecule has 1 spiro atoms. The Morgan fingerprint density at radius 2 is 2.20 bits per heavy atom. The van der Waals surface area contributed by atoms with Crippen LogP contribution in [0.1, 0.15) is 18.4 Å². The fourth-order valence-corrected chi connectivity index (χ4v) is 2.46. The molecule has 0 bridgehead atoms. The zero-order chi connectivity index (χ0) is 10.6. The smallest absolute Gasteiger partial charge is 0.237 e. The third-order valence-corrected chi connectivity index (χ3v) is 3.50. The maximum atomic E-state index is 12.0. The van der Waals surface area contributed by atoms with Crippen molar-refractivity contribution in [2.45, 2.75) is 18.3 Å². The third-order valence-electron chi connectivity index (χ3n) is 3.50. The van der Waals surface area contributed by atoms with Crippen molar-refractivity contribution in [3.8, 4) is 0 Å². The molecule has 15 heavy (non-hydrogen) atoms. The predicted octanol–water partition coefficient (Wildman–Crippen LogP) is 0.387. The Balaban J connectivity index is 2.20. The van der Waals surface area contributed by atoms with E-state index in [1.54, 1.807) is 18.0 Å². The van der Waals surface area contributed by atoms with E-state index in [4.69, 9.17) is 0 Å². The maximum Gasteiger partial charge on any atom is 0.237 e. The number of likely N-dealkylation sites (N-methyl/N-ethyl adjacent to an activating group) is 1. The van der Waals surface area contributed by atoms with Gasteiger partial charge in [-0.3, -0.25) is 4.79 Å². The van der Waals surface area contributed by atoms with Crippen molar-refractivity contribution in [2.24, 2.45) is 0 Å². The summed E-state index contributed by atoms with van der Waals surface area (Å²) >= 11 is 0. The van der Waals surface area contributed by atoms with Crippen LogP contribution in [-0.2, 0) is 10.2 Å². The van der Waals surface area contributed by atoms with E-state index >= 15 is 0 Å². The topological polar surface area (TPSA) is 60.0 Å². The molecule has 78 valence electrons. The first-order valence-corrected chi connectivity index (χ1v) is 5.07. The van der Waals surface area contributed by atoms with Crippen LogP contribution < -0.4 is 10.4 Å². The summed E-state index contributed by atoms with van der Waals surface area (Å²) in [6.45, 7) is 0. The van der Waals surface area contributed by atoms with Crippen LogP contribution in [0.25, 0.3) is 0 Å². The van der Waals surface area contributed by atoms with Crippen molar-refractivity contribution in [3.63, 3.8) is 0 Å². The molecule has 1 aliphatic heterocycles. The molecule has 0 atom stereocenters. The van der Waals surface area contributed by atoms with Crippen LogP contribution in [0.15, 0.2) is 18.2 Å². The van der Waals surface area contributed by atoms with E-state index in [9.17, 15) is 10.0 Å². The lowest BCUT2D eigenvalue weighted by molar-refractivity contribution is -0.497. The van der Waals surface area contributed by atoms with E-state index < -0.39 is 0 Å². The normalized spacial score (nSPS) is 20.9. The number of carbonyl (C=O) groups is 1. The molecule has 1 aliphatic carbocycles. The fourth-order valence-electron chi connectivity index (χ4n) is 2.46. The summed E-state index contributed by atoms with van der Waals surface area (Å²) in [7, 11) is 1.80. The van der Waals surface area contributed by atoms with Gasteiger partial charge in [0.1, 0.15) is 5.69 Å². The maximum absolute atomic E-state index is 12.0. The molecular weight excluding hydrogens is 192 g/mol. The summed E-state index contributed by atoms with van der Waals surface area (Å²) in [5.74, 6) is 0.181. The second-order valence-electron chi connectivity index (χ2n) is 4.34. The molecule has 1 aromatic carbocycles. The summed E-state index contributed by atoms with van der Waals surface area (Å²) in [5, 5.41) is 10.7. The number of nitrogens with two attached hydrogens (primary N) is 1. The number of fused-ring (bicyclic) bond motifs is 2. The first kappa shape index (κ1) is 8.88. The fraction of sp³-hybridized carbons (Fsp3) is 0.364. The van der Waals surface area contributed by atoms with E-state index in [2.05, 4.69) is 0 Å². The van der Waals surface area contributed by atoms with E-state index in [1.807, 2.05) is 12.1 Å². The van der Waals surface area contributed by atoms with Gasteiger partial charge in [0.2, 0.25) is 5.91 Å². The van der Waals surface area contributed by atoms with E-state index in [0.29, 0.717) is 5.69 Å². The average Bonchev–Trinajstić information content (AvgIpc) is 3.04. The standard InChI is InChI=1S/C11H12N2O2/c1-13-9-3-2-7(12-15)6-8(9)11(4-5-11)10(13)14/h2-3,6H,4-5,12H2,1H3. The summed E-state index contributed by atoms with van der Waals surface area (Å²) in [6, 6.07) is 5.48. The Morgan fingerprint density at radius 1 is 1.47 bits per heavy atom. The number of benzene rings is 1. The van der Waals surface area contributed by atoms with Gasteiger partial charge in [0.25, 0.3) is 0 Å². The molecule has 0 radical (unpaired) electrons. The third kappa shape index (κ3) is 0.952. The summed E-state index contributed by atoms with van der Waals surface area (Å²) in [4.78, 5) is 13.7. The number of anilines is 1. The van der Waals surface area contributed by atoms with Crippen LogP contribution in [0, 0.1) is 5.21 Å². The second-order valence-corrected chi connectivity index (χ2v) is 4.34. The van der Waals surface area contributed by atoms with Gasteiger partial charge in [-0.15, -0.1) is 0 Å². The highest BCUT2D eigenvalue weighted by atomic mass is 16.5. The molecule has 0 unspecified atom stereocenters. The number of amides is 1. The lowest BCUT2D eigenvalue weighted by atomic mass is 9.97. The van der Waals surface area contributed by atoms with Gasteiger partial charge in [-0.1, -0.05) is 0 Å². The summed E-state index contributed by atoms with van der Waals surface area (Å²) in [6.07, 6.45) is 1.84. The largest absolute Gasteiger partial charge is 0.630 e. The molecule has 1 aromatic rings. The molecule has 1 heterocycles. The van der Waals surface area contributed by atoms with Crippen LogP contribution >= 0.6 is 0 Å². The van der Waals surface area contributed by atoms with E-state index in [-0.39, 0.29) is 11.3 Å². The molecule has 2 aliphatic rings. The van der Waals surface area contributed by atoms with Gasteiger partial charge in [-0.05, 0) is 24.5 Å². The van der Waals surface area contributed by atoms with E-state index in [1.165, 1.54) is 0 Å². The number of carbonyl (C=O) groups excluding carboxylic acids is 1. The SMILES string of the molecule is CN1C(=O)C2(CC2)c2cc([NH2+][O-])ccc21. The van der Waals surface area contributed by atoms with Crippen LogP contribution in [0.5, 0.6) is 0 Å². The van der Waals surface area contributed by atoms with E-state index in [0.717, 1.165) is 29.6 Å². The molecule has 1 amide bonds. The summed E-state index contributed by atoms with van der Waals surface area (Å²) < 4.78 is 0. The minimum absolute atomic E-state index is 0.181. The first-order valence-electron chi connectivity index (χ1n) is 5.07. The quantitative estimate of drug-likeness (QED) is 0.531. The molecule has 4 heteroatoms. The Kier molecular flexibility index (Phi) is 1.53. The Hall–Kier alpha value is -1.39. The van der Waals surface area contributed by atoms with Gasteiger partial charge in [0.15, 0.2) is 0 Å². The number of rotatable bonds is 1. The molecule has 0 saturated heterocycles. The number of nitrogens with zero attached hydrogens (tertiary/aromatic N) is 1. The van der Waals surface area contributed by atoms with Crippen molar-refractivity contribution in [2.75, 3.05) is 11.9 Å². The van der Waals surface area contributed by atoms with Crippen molar-refractivity contribution in [1.82, 2.24) is 0 Å². The molecule has 0 aromatic heterocycles. The zero-order valence-corrected chi connectivity index (χ0v) is 8.49. The Morgan fingerprint density at radius 3 is 2.80 bits per heavy atom. The highest BCUT2D eigenvalue weighted by Crippen LogP contribution is 2.57. The van der Waals surface area contributed by atoms with Crippen molar-refractivity contribution in [1.29, 1.82) is 0 Å². The molecule has 1 fully saturated rings. The lowest BCUT2D eigenvalue weighted by Crippen LogP contribution is -2.70. The summed E-state index contributed by atoms with van der Waals surface area (Å²) in [5.41, 5.74) is 3.22. The number of hydrogen-bond donors (Lipinski definition) is 1. The number of hydrogen-bond acceptors (Lipinski definition) is 2. The van der Waals surface area contributed by atoms with Crippen LogP contribution in [-0.4, -0.2) is 13.0 Å². The zero-order valence-electron chi connectivity index (χ0n) is 8.49. The van der Waals surface area contributed by atoms with Gasteiger partial charge >= 0.3 is 0 Å². The van der Waals surface area contributed by atoms with Crippen molar-refractivity contribution < 1.29 is 10.3 Å². The molecule has 2 N–H and O–H groups in total. The van der Waals surface area contributed by atoms with Crippen molar-refractivity contribution in [3.05, 3.63) is 29.0 Å². The molecule has 4 nitrogen and oxygen atoms in total. The van der Waals surface area contributed by atoms with Gasteiger partial charge in [-0.25, -0.2) is 0 Å². The lowest BCUT2D eigenvalue weighted by Gasteiger charge is -2.09. The highest BCUT2D eigenvalue weighted by Gasteiger charge is 2.58. The van der Waals surface area contributed by atoms with Gasteiger partial charge in [0.05, 0.1) is 5.41 Å². The van der Waals surface area contributed by atoms with Gasteiger partial charge < -0.3 is 15.6 Å². The predicted molar refractivity (Wildman–Crippen MR) is 55.7 cm³/mol. The number of quaternary nitrogens is 1. The Bertz CT molecular complexity index is 452. The highest BCUT2D eigenvalue weighted by molar-refractivity contribution is 6.09. The second kappa shape index (κ2) is 2.59. The van der Waals surface area contributed by atoms with Gasteiger partial charge in [-0.2, -0.15) is 0 Å². The van der Waals surface area contributed by atoms with Crippen LogP contribution in [0.4, 0.5) is 11.4 Å². The minimum atomic E-state index is -0.275.